The van der Waals surface area contributed by atoms with Gasteiger partial charge in [0.15, 0.2) is 24.0 Å². The number of thiazole rings is 1. The molecule has 0 bridgehead atoms. The summed E-state index contributed by atoms with van der Waals surface area (Å²) in [5.74, 6) is -3.43. The van der Waals surface area contributed by atoms with Crippen LogP contribution in [0.3, 0.4) is 0 Å². The van der Waals surface area contributed by atoms with Crippen LogP contribution in [-0.2, 0) is 27.3 Å². The highest BCUT2D eigenvalue weighted by Crippen LogP contribution is 2.41. The van der Waals surface area contributed by atoms with Crippen LogP contribution in [-0.4, -0.2) is 86.0 Å². The first kappa shape index (κ1) is 47.7. The van der Waals surface area contributed by atoms with Crippen molar-refractivity contribution < 1.29 is 42.5 Å². The minimum Gasteiger partial charge on any atom is -0.491 e. The smallest absolute Gasteiger partial charge is 0.258 e. The molecule has 2 aliphatic rings. The quantitative estimate of drug-likeness (QED) is 0.0989. The predicted molar refractivity (Wildman–Crippen MR) is 253 cm³/mol. The number of aliphatic hydroxyl groups is 1. The number of rotatable bonds is 14. The number of halogens is 2. The highest BCUT2D eigenvalue weighted by molar-refractivity contribution is 7.13. The van der Waals surface area contributed by atoms with Crippen LogP contribution in [0.15, 0.2) is 97.0 Å². The summed E-state index contributed by atoms with van der Waals surface area (Å²) in [6, 6.07) is 17.7. The zero-order valence-corrected chi connectivity index (χ0v) is 39.5. The minimum atomic E-state index is -1.14. The van der Waals surface area contributed by atoms with E-state index in [1.807, 2.05) is 54.9 Å². The number of carbonyl (C=O) groups is 4. The van der Waals surface area contributed by atoms with E-state index in [0.29, 0.717) is 34.5 Å². The number of ether oxygens (including phenoxy) is 2. The van der Waals surface area contributed by atoms with Gasteiger partial charge in [0, 0.05) is 37.5 Å². The lowest BCUT2D eigenvalue weighted by Crippen LogP contribution is -2.58. The summed E-state index contributed by atoms with van der Waals surface area (Å²) in [7, 11) is 0. The molecule has 8 rings (SSSR count). The molecule has 68 heavy (non-hydrogen) atoms. The van der Waals surface area contributed by atoms with E-state index in [-0.39, 0.29) is 43.3 Å². The molecular weight excluding hydrogens is 891 g/mol. The summed E-state index contributed by atoms with van der Waals surface area (Å²) in [4.78, 5) is 66.6. The summed E-state index contributed by atoms with van der Waals surface area (Å²) in [6.07, 6.45) is 4.39. The third-order valence-corrected chi connectivity index (χ3v) is 13.5. The van der Waals surface area contributed by atoms with Crippen LogP contribution in [0.1, 0.15) is 78.5 Å². The highest BCUT2D eigenvalue weighted by atomic mass is 32.1. The molecule has 13 nitrogen and oxygen atoms in total. The Morgan fingerprint density at radius 3 is 2.43 bits per heavy atom. The SMILES string of the molecule is Cc1cc(F)ccc1-c1cc(Cn2ccnc2)cc2c1OC[C@H](Cc1ccc(F)c(OCC(=O)N[C@H](C(=O)N3C[C@H](O)C[C@H]3C(=O)N[C@@H](C)c3ccc(-c4scnc4C)cc3)C(C)(C)C)c1)C2=O. The molecule has 4 heterocycles. The van der Waals surface area contributed by atoms with Crippen molar-refractivity contribution in [1.29, 1.82) is 0 Å². The van der Waals surface area contributed by atoms with Crippen molar-refractivity contribution in [3.8, 4) is 33.1 Å². The molecule has 3 N–H and O–H groups in total. The van der Waals surface area contributed by atoms with E-state index in [4.69, 9.17) is 9.47 Å². The van der Waals surface area contributed by atoms with Gasteiger partial charge in [0.2, 0.25) is 11.8 Å². The van der Waals surface area contributed by atoms with E-state index >= 15 is 4.39 Å². The number of aromatic nitrogens is 3. The largest absolute Gasteiger partial charge is 0.491 e. The summed E-state index contributed by atoms with van der Waals surface area (Å²) >= 11 is 1.55. The number of hydrogen-bond donors (Lipinski definition) is 3. The van der Waals surface area contributed by atoms with Gasteiger partial charge in [0.1, 0.15) is 23.7 Å². The van der Waals surface area contributed by atoms with Crippen molar-refractivity contribution >= 4 is 34.8 Å². The van der Waals surface area contributed by atoms with Crippen molar-refractivity contribution in [2.24, 2.45) is 11.3 Å². The van der Waals surface area contributed by atoms with Crippen LogP contribution in [0, 0.1) is 36.8 Å². The minimum absolute atomic E-state index is 0.0204. The number of Topliss-reactive ketones (excluding diaryl/α,β-unsaturated/α-hetero) is 1. The number of aryl methyl sites for hydroxylation is 2. The third kappa shape index (κ3) is 10.5. The average Bonchev–Trinajstić information content (AvgIpc) is 4.08. The van der Waals surface area contributed by atoms with Crippen LogP contribution < -0.4 is 20.1 Å². The Bertz CT molecular complexity index is 2840. The second kappa shape index (κ2) is 19.8. The van der Waals surface area contributed by atoms with E-state index in [0.717, 1.165) is 32.8 Å². The maximum atomic E-state index is 15.3. The second-order valence-corrected chi connectivity index (χ2v) is 19.6. The number of benzene rings is 4. The lowest BCUT2D eigenvalue weighted by atomic mass is 9.85. The van der Waals surface area contributed by atoms with Gasteiger partial charge in [-0.25, -0.2) is 18.7 Å². The first-order valence-corrected chi connectivity index (χ1v) is 23.4. The first-order chi connectivity index (χ1) is 32.4. The number of ketones is 1. The van der Waals surface area contributed by atoms with Crippen molar-refractivity contribution in [2.75, 3.05) is 19.8 Å². The van der Waals surface area contributed by atoms with E-state index in [1.165, 1.54) is 29.2 Å². The summed E-state index contributed by atoms with van der Waals surface area (Å²) in [5.41, 5.74) is 7.61. The number of β-amino-alcohol motifs (C(OH)–C–C–N with tert-alkyl or cyclic N) is 1. The Morgan fingerprint density at radius 2 is 1.74 bits per heavy atom. The number of nitrogens with one attached hydrogen (secondary N) is 2. The maximum absolute atomic E-state index is 15.3. The second-order valence-electron chi connectivity index (χ2n) is 18.7. The number of imidazole rings is 1. The topological polar surface area (TPSA) is 165 Å². The molecule has 4 aromatic carbocycles. The molecule has 0 saturated carbocycles. The molecule has 0 unspecified atom stereocenters. The molecule has 354 valence electrons. The number of carbonyl (C=O) groups excluding carboxylic acids is 4. The Balaban J connectivity index is 0.917. The zero-order chi connectivity index (χ0) is 48.4. The maximum Gasteiger partial charge on any atom is 0.258 e. The van der Waals surface area contributed by atoms with E-state index in [9.17, 15) is 28.7 Å². The fourth-order valence-electron chi connectivity index (χ4n) is 8.90. The Labute approximate surface area is 397 Å². The molecule has 2 aromatic heterocycles. The number of aliphatic hydroxyl groups excluding tert-OH is 1. The molecule has 0 radical (unpaired) electrons. The molecule has 16 heteroatoms. The summed E-state index contributed by atoms with van der Waals surface area (Å²) in [6.45, 7) is 10.6. The fourth-order valence-corrected chi connectivity index (χ4v) is 9.71. The highest BCUT2D eigenvalue weighted by Gasteiger charge is 2.45. The van der Waals surface area contributed by atoms with E-state index < -0.39 is 65.7 Å². The van der Waals surface area contributed by atoms with Crippen molar-refractivity contribution in [2.45, 2.75) is 85.2 Å². The molecular formula is C52H54F2N6O7S. The van der Waals surface area contributed by atoms with Crippen molar-refractivity contribution in [3.05, 3.63) is 142 Å². The summed E-state index contributed by atoms with van der Waals surface area (Å²) < 4.78 is 43.3. The van der Waals surface area contributed by atoms with E-state index in [2.05, 4.69) is 20.6 Å². The third-order valence-electron chi connectivity index (χ3n) is 12.5. The zero-order valence-electron chi connectivity index (χ0n) is 38.7. The fraction of sp³-hybridized carbons (Fsp3) is 0.346. The van der Waals surface area contributed by atoms with Crippen LogP contribution in [0.25, 0.3) is 21.6 Å². The summed E-state index contributed by atoms with van der Waals surface area (Å²) in [5, 5.41) is 16.4. The lowest BCUT2D eigenvalue weighted by molar-refractivity contribution is -0.144. The molecule has 2 aliphatic heterocycles. The number of nitrogens with zero attached hydrogens (tertiary/aromatic N) is 4. The Kier molecular flexibility index (Phi) is 13.9. The van der Waals surface area contributed by atoms with Gasteiger partial charge in [0.25, 0.3) is 5.91 Å². The normalized spacial score (nSPS) is 17.8. The molecule has 6 aromatic rings. The van der Waals surface area contributed by atoms with Gasteiger partial charge in [-0.15, -0.1) is 11.3 Å². The number of hydrogen-bond acceptors (Lipinski definition) is 10. The van der Waals surface area contributed by atoms with Crippen molar-refractivity contribution in [1.82, 2.24) is 30.1 Å². The predicted octanol–water partition coefficient (Wildman–Crippen LogP) is 7.80. The standard InChI is InChI=1S/C52H54F2N6O7S/c1-29-17-37(53)12-13-39(29)40-19-33(23-59-16-15-55-27-59)20-41-46(63)36(25-67-47(40)41)18-32-7-14-42(54)44(21-32)66-26-45(62)58-49(52(4,5)6)51(65)60-24-38(61)22-43(60)50(64)57-30(2)34-8-10-35(11-9-34)48-31(3)56-28-68-48/h7-17,19-21,27-28,30,36,38,43,49,61H,18,22-26H2,1-6H3,(H,57,64)(H,58,62)/t30-,36-,38+,43-,49+/m0/s1. The van der Waals surface area contributed by atoms with Crippen LogP contribution in [0.2, 0.25) is 0 Å². The molecule has 0 aliphatic carbocycles. The van der Waals surface area contributed by atoms with Gasteiger partial charge in [-0.2, -0.15) is 0 Å². The van der Waals surface area contributed by atoms with Crippen molar-refractivity contribution in [3.63, 3.8) is 0 Å². The van der Waals surface area contributed by atoms with Gasteiger partial charge < -0.3 is 34.7 Å². The molecule has 5 atom stereocenters. The van der Waals surface area contributed by atoms with Crippen LogP contribution >= 0.6 is 11.3 Å². The van der Waals surface area contributed by atoms with Crippen LogP contribution in [0.5, 0.6) is 11.5 Å². The van der Waals surface area contributed by atoms with Gasteiger partial charge in [0.05, 0.1) is 52.6 Å². The molecule has 1 saturated heterocycles. The van der Waals surface area contributed by atoms with Crippen LogP contribution in [0.4, 0.5) is 8.78 Å². The Hall–Kier alpha value is -6.78. The van der Waals surface area contributed by atoms with Gasteiger partial charge in [-0.1, -0.05) is 57.2 Å². The average molecular weight is 945 g/mol. The molecule has 0 spiro atoms. The first-order valence-electron chi connectivity index (χ1n) is 22.5. The Morgan fingerprint density at radius 1 is 0.971 bits per heavy atom. The monoisotopic (exact) mass is 944 g/mol. The number of amides is 3. The van der Waals surface area contributed by atoms with Gasteiger partial charge >= 0.3 is 0 Å². The van der Waals surface area contributed by atoms with E-state index in [1.54, 1.807) is 75.3 Å². The van der Waals surface area contributed by atoms with Gasteiger partial charge in [-0.3, -0.25) is 19.2 Å². The molecule has 1 fully saturated rings. The number of likely N-dealkylation sites (tertiary alicyclic amines) is 1. The lowest BCUT2D eigenvalue weighted by Gasteiger charge is -2.35. The number of fused-ring (bicyclic) bond motifs is 1. The van der Waals surface area contributed by atoms with Gasteiger partial charge in [-0.05, 0) is 102 Å². The molecule has 3 amide bonds.